The third-order valence-electron chi connectivity index (χ3n) is 4.19. The van der Waals surface area contributed by atoms with E-state index in [9.17, 15) is 0 Å². The molecule has 0 saturated carbocycles. The summed E-state index contributed by atoms with van der Waals surface area (Å²) in [5.41, 5.74) is 3.34. The Balaban J connectivity index is 1.80. The first-order chi connectivity index (χ1) is 12.9. The van der Waals surface area contributed by atoms with E-state index in [1.807, 2.05) is 89.3 Å². The van der Waals surface area contributed by atoms with Crippen LogP contribution < -0.4 is 4.74 Å². The lowest BCUT2D eigenvalue weighted by Crippen LogP contribution is -1.98. The summed E-state index contributed by atoms with van der Waals surface area (Å²) in [6.45, 7) is 0. The quantitative estimate of drug-likeness (QED) is 0.477. The maximum absolute atomic E-state index is 6.01. The van der Waals surface area contributed by atoms with Crippen LogP contribution in [0.25, 0.3) is 28.1 Å². The molecule has 5 aromatic rings. The molecule has 0 spiro atoms. The van der Waals surface area contributed by atoms with Gasteiger partial charge in [0.25, 0.3) is 5.88 Å². The Bertz CT molecular complexity index is 1200. The van der Waals surface area contributed by atoms with Gasteiger partial charge in [-0.05, 0) is 24.3 Å². The van der Waals surface area contributed by atoms with Gasteiger partial charge in [0, 0.05) is 5.56 Å². The van der Waals surface area contributed by atoms with Gasteiger partial charge >= 0.3 is 0 Å². The van der Waals surface area contributed by atoms with Crippen molar-refractivity contribution < 1.29 is 4.74 Å². The molecule has 0 saturated heterocycles. The largest absolute Gasteiger partial charge is 0.436 e. The van der Waals surface area contributed by atoms with Crippen LogP contribution in [0, 0.1) is 0 Å². The zero-order valence-electron chi connectivity index (χ0n) is 13.8. The van der Waals surface area contributed by atoms with Crippen molar-refractivity contribution in [2.75, 3.05) is 0 Å². The van der Waals surface area contributed by atoms with Gasteiger partial charge in [0.1, 0.15) is 5.75 Å². The van der Waals surface area contributed by atoms with Gasteiger partial charge in [-0.25, -0.2) is 4.98 Å². The fourth-order valence-corrected chi connectivity index (χ4v) is 3.00. The van der Waals surface area contributed by atoms with E-state index in [0.717, 1.165) is 22.4 Å². The number of rotatable bonds is 3. The van der Waals surface area contributed by atoms with Gasteiger partial charge in [0.05, 0.1) is 11.0 Å². The topological polar surface area (TPSA) is 52.3 Å². The highest BCUT2D eigenvalue weighted by atomic mass is 16.5. The SMILES string of the molecule is c1ccc(Oc2nc3ccccc3n3c(-c4ccccc4)nnc23)cc1. The predicted octanol–water partition coefficient (Wildman–Crippen LogP) is 4.74. The minimum atomic E-state index is 0.435. The lowest BCUT2D eigenvalue weighted by molar-refractivity contribution is 0.467. The number of hydrogen-bond acceptors (Lipinski definition) is 4. The molecule has 0 radical (unpaired) electrons. The van der Waals surface area contributed by atoms with E-state index >= 15 is 0 Å². The number of fused-ring (bicyclic) bond motifs is 3. The summed E-state index contributed by atoms with van der Waals surface area (Å²) < 4.78 is 8.01. The molecule has 5 rings (SSSR count). The van der Waals surface area contributed by atoms with Crippen molar-refractivity contribution in [3.05, 3.63) is 84.9 Å². The van der Waals surface area contributed by atoms with Crippen LogP contribution in [-0.2, 0) is 0 Å². The Hall–Kier alpha value is -3.73. The first kappa shape index (κ1) is 14.6. The molecule has 0 fully saturated rings. The molecule has 5 nitrogen and oxygen atoms in total. The van der Waals surface area contributed by atoms with E-state index in [1.165, 1.54) is 0 Å². The fraction of sp³-hybridized carbons (Fsp3) is 0. The van der Waals surface area contributed by atoms with Gasteiger partial charge in [-0.3, -0.25) is 4.40 Å². The molecule has 0 atom stereocenters. The molecule has 0 unspecified atom stereocenters. The second-order valence-corrected chi connectivity index (χ2v) is 5.87. The molecule has 5 heteroatoms. The average molecular weight is 338 g/mol. The summed E-state index contributed by atoms with van der Waals surface area (Å²) in [5.74, 6) is 1.91. The molecule has 0 aliphatic rings. The highest BCUT2D eigenvalue weighted by Crippen LogP contribution is 2.30. The maximum Gasteiger partial charge on any atom is 0.266 e. The van der Waals surface area contributed by atoms with Crippen LogP contribution >= 0.6 is 0 Å². The molecule has 2 aromatic heterocycles. The number of nitrogens with zero attached hydrogens (tertiary/aromatic N) is 4. The predicted molar refractivity (Wildman–Crippen MR) is 100 cm³/mol. The number of ether oxygens (including phenoxy) is 1. The molecule has 26 heavy (non-hydrogen) atoms. The Morgan fingerprint density at radius 3 is 2.19 bits per heavy atom. The van der Waals surface area contributed by atoms with Crippen molar-refractivity contribution in [1.29, 1.82) is 0 Å². The molecule has 2 heterocycles. The third-order valence-corrected chi connectivity index (χ3v) is 4.19. The van der Waals surface area contributed by atoms with Crippen LogP contribution in [0.1, 0.15) is 0 Å². The second-order valence-electron chi connectivity index (χ2n) is 5.87. The zero-order chi connectivity index (χ0) is 17.3. The van der Waals surface area contributed by atoms with Gasteiger partial charge < -0.3 is 4.74 Å². The van der Waals surface area contributed by atoms with Crippen molar-refractivity contribution in [3.8, 4) is 23.0 Å². The molecule has 124 valence electrons. The van der Waals surface area contributed by atoms with Gasteiger partial charge in [-0.15, -0.1) is 10.2 Å². The minimum absolute atomic E-state index is 0.435. The fourth-order valence-electron chi connectivity index (χ4n) is 3.00. The Morgan fingerprint density at radius 2 is 1.38 bits per heavy atom. The molecule has 0 aliphatic carbocycles. The van der Waals surface area contributed by atoms with Gasteiger partial charge in [-0.1, -0.05) is 60.7 Å². The van der Waals surface area contributed by atoms with Gasteiger partial charge in [0.2, 0.25) is 5.65 Å². The normalized spacial score (nSPS) is 11.1. The van der Waals surface area contributed by atoms with Crippen LogP contribution in [0.15, 0.2) is 84.9 Å². The van der Waals surface area contributed by atoms with Crippen molar-refractivity contribution in [1.82, 2.24) is 19.6 Å². The highest BCUT2D eigenvalue weighted by molar-refractivity contribution is 5.82. The number of aromatic nitrogens is 4. The summed E-state index contributed by atoms with van der Waals surface area (Å²) in [6, 6.07) is 27.5. The first-order valence-electron chi connectivity index (χ1n) is 8.32. The standard InChI is InChI=1S/C21H14N4O/c1-3-9-15(10-4-1)19-23-24-20-21(26-16-11-5-2-6-12-16)22-17-13-7-8-14-18(17)25(19)20/h1-14H. The van der Waals surface area contributed by atoms with Crippen LogP contribution in [0.5, 0.6) is 11.6 Å². The third kappa shape index (κ3) is 2.38. The summed E-state index contributed by atoms with van der Waals surface area (Å²) in [7, 11) is 0. The molecule has 0 amide bonds. The van der Waals surface area contributed by atoms with Crippen molar-refractivity contribution in [2.24, 2.45) is 0 Å². The second kappa shape index (κ2) is 5.97. The Labute approximate surface area is 149 Å². The Kier molecular flexibility index (Phi) is 3.35. The van der Waals surface area contributed by atoms with E-state index < -0.39 is 0 Å². The smallest absolute Gasteiger partial charge is 0.266 e. The lowest BCUT2D eigenvalue weighted by Gasteiger charge is -2.09. The molecule has 0 aliphatic heterocycles. The molecule has 0 N–H and O–H groups in total. The van der Waals surface area contributed by atoms with Gasteiger partial charge in [-0.2, -0.15) is 0 Å². The van der Waals surface area contributed by atoms with Crippen LogP contribution in [0.3, 0.4) is 0 Å². The maximum atomic E-state index is 6.01. The summed E-state index contributed by atoms with van der Waals surface area (Å²) in [5, 5.41) is 8.78. The molecular formula is C21H14N4O. The monoisotopic (exact) mass is 338 g/mol. The van der Waals surface area contributed by atoms with Gasteiger partial charge in [0.15, 0.2) is 5.82 Å². The number of para-hydroxylation sites is 3. The summed E-state index contributed by atoms with van der Waals surface area (Å²) >= 11 is 0. The molecule has 3 aromatic carbocycles. The van der Waals surface area contributed by atoms with Crippen molar-refractivity contribution >= 4 is 16.7 Å². The van der Waals surface area contributed by atoms with Crippen LogP contribution in [-0.4, -0.2) is 19.6 Å². The lowest BCUT2D eigenvalue weighted by atomic mass is 10.2. The van der Waals surface area contributed by atoms with E-state index in [0.29, 0.717) is 17.3 Å². The first-order valence-corrected chi connectivity index (χ1v) is 8.32. The average Bonchev–Trinajstić information content (AvgIpc) is 3.15. The van der Waals surface area contributed by atoms with Crippen LogP contribution in [0.4, 0.5) is 0 Å². The summed E-state index contributed by atoms with van der Waals surface area (Å²) in [4.78, 5) is 4.66. The van der Waals surface area contributed by atoms with E-state index in [2.05, 4.69) is 15.2 Å². The highest BCUT2D eigenvalue weighted by Gasteiger charge is 2.17. The van der Waals surface area contributed by atoms with Crippen molar-refractivity contribution in [2.45, 2.75) is 0 Å². The molecule has 0 bridgehead atoms. The van der Waals surface area contributed by atoms with Crippen molar-refractivity contribution in [3.63, 3.8) is 0 Å². The number of benzene rings is 3. The van der Waals surface area contributed by atoms with E-state index in [4.69, 9.17) is 4.74 Å². The molecular weight excluding hydrogens is 324 g/mol. The van der Waals surface area contributed by atoms with E-state index in [1.54, 1.807) is 0 Å². The van der Waals surface area contributed by atoms with E-state index in [-0.39, 0.29) is 0 Å². The Morgan fingerprint density at radius 1 is 0.692 bits per heavy atom. The summed E-state index contributed by atoms with van der Waals surface area (Å²) in [6.07, 6.45) is 0. The number of hydrogen-bond donors (Lipinski definition) is 0. The zero-order valence-corrected chi connectivity index (χ0v) is 13.8. The minimum Gasteiger partial charge on any atom is -0.436 e. The van der Waals surface area contributed by atoms with Crippen LogP contribution in [0.2, 0.25) is 0 Å².